The molecule has 0 radical (unpaired) electrons. The summed E-state index contributed by atoms with van der Waals surface area (Å²) in [5.74, 6) is 0.0670. The average molecular weight is 499 g/mol. The number of carbonyl (C=O) groups excluding carboxylic acids is 2. The molecule has 0 unspecified atom stereocenters. The largest absolute Gasteiger partial charge is 0.496 e. The van der Waals surface area contributed by atoms with Crippen molar-refractivity contribution in [3.05, 3.63) is 76.0 Å². The summed E-state index contributed by atoms with van der Waals surface area (Å²) in [4.78, 5) is 45.8. The molecule has 2 amide bonds. The molecule has 1 aliphatic rings. The zero-order valence-corrected chi connectivity index (χ0v) is 20.5. The molecule has 37 heavy (non-hydrogen) atoms. The molecule has 1 aliphatic heterocycles. The number of imide groups is 1. The monoisotopic (exact) mass is 498 g/mol. The first-order valence-corrected chi connectivity index (χ1v) is 11.9. The molecule has 0 aliphatic carbocycles. The highest BCUT2D eigenvalue weighted by atomic mass is 16.5. The maximum absolute atomic E-state index is 12.5. The van der Waals surface area contributed by atoms with Crippen LogP contribution in [0.25, 0.3) is 27.5 Å². The number of fused-ring (bicyclic) bond motifs is 4. The number of pyridine rings is 1. The van der Waals surface area contributed by atoms with Crippen LogP contribution >= 0.6 is 0 Å². The number of hydrogen-bond donors (Lipinski definition) is 3. The lowest BCUT2D eigenvalue weighted by molar-refractivity contribution is 0.0652. The molecule has 188 valence electrons. The van der Waals surface area contributed by atoms with Crippen molar-refractivity contribution in [2.45, 2.75) is 12.8 Å². The minimum atomic E-state index is -0.244. The van der Waals surface area contributed by atoms with E-state index >= 15 is 0 Å². The molecule has 0 saturated heterocycles. The number of nitrogens with one attached hydrogen (secondary N) is 3. The fourth-order valence-electron chi connectivity index (χ4n) is 4.61. The Hall–Kier alpha value is -4.73. The molecular formula is C27H26N6O4. The molecule has 3 N–H and O–H groups in total. The number of allylic oxidation sites excluding steroid dienone is 1. The lowest BCUT2D eigenvalue weighted by Gasteiger charge is -2.14. The average Bonchev–Trinajstić information content (AvgIpc) is 3.35. The molecule has 3 heterocycles. The van der Waals surface area contributed by atoms with Gasteiger partial charge in [-0.1, -0.05) is 12.1 Å². The second-order valence-corrected chi connectivity index (χ2v) is 8.79. The molecule has 0 fully saturated rings. The Morgan fingerprint density at radius 2 is 1.86 bits per heavy atom. The number of imidazole rings is 1. The predicted octanol–water partition coefficient (Wildman–Crippen LogP) is 3.08. The van der Waals surface area contributed by atoms with Crippen molar-refractivity contribution in [1.29, 1.82) is 5.41 Å². The van der Waals surface area contributed by atoms with Crippen LogP contribution in [0.15, 0.2) is 53.6 Å². The predicted molar refractivity (Wildman–Crippen MR) is 141 cm³/mol. The van der Waals surface area contributed by atoms with Crippen molar-refractivity contribution in [2.24, 2.45) is 7.05 Å². The van der Waals surface area contributed by atoms with Crippen LogP contribution in [0.4, 0.5) is 0 Å². The number of nitrogens with zero attached hydrogens (tertiary/aromatic N) is 3. The molecule has 10 heteroatoms. The molecular weight excluding hydrogens is 472 g/mol. The molecule has 5 rings (SSSR count). The Kier molecular flexibility index (Phi) is 6.31. The number of carbonyl (C=O) groups is 2. The maximum Gasteiger partial charge on any atom is 0.326 e. The van der Waals surface area contributed by atoms with E-state index in [1.165, 1.54) is 15.7 Å². The molecule has 2 aromatic heterocycles. The van der Waals surface area contributed by atoms with Gasteiger partial charge < -0.3 is 20.4 Å². The van der Waals surface area contributed by atoms with Crippen LogP contribution in [0.1, 0.15) is 39.1 Å². The molecule has 0 atom stereocenters. The molecule has 2 aromatic carbocycles. The van der Waals surface area contributed by atoms with Gasteiger partial charge in [-0.15, -0.1) is 0 Å². The van der Waals surface area contributed by atoms with Crippen molar-refractivity contribution in [1.82, 2.24) is 24.8 Å². The Balaban J connectivity index is 1.28. The topological polar surface area (TPSA) is 133 Å². The fraction of sp³-hybridized carbons (Fsp3) is 0.222. The van der Waals surface area contributed by atoms with Crippen LogP contribution in [0, 0.1) is 5.41 Å². The summed E-state index contributed by atoms with van der Waals surface area (Å²) in [5, 5.41) is 11.9. The summed E-state index contributed by atoms with van der Waals surface area (Å²) in [6, 6.07) is 10.5. The molecule has 4 aromatic rings. The Morgan fingerprint density at radius 3 is 2.54 bits per heavy atom. The number of rotatable bonds is 9. The number of hydrogen-bond acceptors (Lipinski definition) is 7. The summed E-state index contributed by atoms with van der Waals surface area (Å²) >= 11 is 0. The minimum absolute atomic E-state index is 0.229. The van der Waals surface area contributed by atoms with Crippen LogP contribution in [-0.4, -0.2) is 57.7 Å². The Bertz CT molecular complexity index is 1610. The van der Waals surface area contributed by atoms with Gasteiger partial charge in [0.05, 0.1) is 41.0 Å². The van der Waals surface area contributed by atoms with Gasteiger partial charge in [0.2, 0.25) is 0 Å². The number of aromatic nitrogens is 3. The first-order chi connectivity index (χ1) is 17.9. The van der Waals surface area contributed by atoms with E-state index in [9.17, 15) is 14.4 Å². The van der Waals surface area contributed by atoms with Crippen LogP contribution < -0.4 is 15.7 Å². The number of amides is 2. The number of benzene rings is 2. The van der Waals surface area contributed by atoms with Gasteiger partial charge in [0.1, 0.15) is 5.75 Å². The number of aryl methyl sites for hydroxylation is 1. The third kappa shape index (κ3) is 4.16. The van der Waals surface area contributed by atoms with Crippen molar-refractivity contribution in [2.75, 3.05) is 20.2 Å². The highest BCUT2D eigenvalue weighted by Crippen LogP contribution is 2.32. The van der Waals surface area contributed by atoms with Crippen LogP contribution in [0.5, 0.6) is 5.75 Å². The van der Waals surface area contributed by atoms with Crippen molar-refractivity contribution in [3.63, 3.8) is 0 Å². The van der Waals surface area contributed by atoms with E-state index in [0.29, 0.717) is 64.1 Å². The van der Waals surface area contributed by atoms with Gasteiger partial charge >= 0.3 is 5.69 Å². The van der Waals surface area contributed by atoms with Gasteiger partial charge in [-0.25, -0.2) is 4.79 Å². The van der Waals surface area contributed by atoms with Gasteiger partial charge in [0, 0.05) is 55.1 Å². The van der Waals surface area contributed by atoms with E-state index in [1.807, 2.05) is 6.07 Å². The van der Waals surface area contributed by atoms with E-state index < -0.39 is 0 Å². The summed E-state index contributed by atoms with van der Waals surface area (Å²) in [6.07, 6.45) is 5.98. The first kappa shape index (κ1) is 24.0. The van der Waals surface area contributed by atoms with E-state index in [2.05, 4.69) is 15.3 Å². The van der Waals surface area contributed by atoms with Crippen LogP contribution in [-0.2, 0) is 7.05 Å². The van der Waals surface area contributed by atoms with Crippen LogP contribution in [0.3, 0.4) is 0 Å². The lowest BCUT2D eigenvalue weighted by atomic mass is 10.0. The Morgan fingerprint density at radius 1 is 1.14 bits per heavy atom. The Labute approximate surface area is 212 Å². The highest BCUT2D eigenvalue weighted by Gasteiger charge is 2.34. The third-order valence-corrected chi connectivity index (χ3v) is 6.62. The van der Waals surface area contributed by atoms with Gasteiger partial charge in [-0.05, 0) is 31.0 Å². The number of unbranched alkanes of at least 4 members (excludes halogenated alkanes) is 1. The van der Waals surface area contributed by atoms with Crippen molar-refractivity contribution < 1.29 is 14.3 Å². The smallest absolute Gasteiger partial charge is 0.326 e. The summed E-state index contributed by atoms with van der Waals surface area (Å²) in [5.41, 5.74) is 3.99. The highest BCUT2D eigenvalue weighted by molar-refractivity contribution is 6.21. The quantitative estimate of drug-likeness (QED) is 0.185. The van der Waals surface area contributed by atoms with Gasteiger partial charge in [-0.2, -0.15) is 0 Å². The summed E-state index contributed by atoms with van der Waals surface area (Å²) in [7, 11) is 3.24. The molecule has 10 nitrogen and oxygen atoms in total. The molecule has 0 saturated carbocycles. The number of methoxy groups -OCH3 is 1. The van der Waals surface area contributed by atoms with E-state index in [0.717, 1.165) is 11.8 Å². The second kappa shape index (κ2) is 9.73. The number of H-pyrrole nitrogens is 1. The third-order valence-electron chi connectivity index (χ3n) is 6.62. The van der Waals surface area contributed by atoms with Gasteiger partial charge in [-0.3, -0.25) is 24.0 Å². The van der Waals surface area contributed by atoms with Gasteiger partial charge in [0.25, 0.3) is 11.8 Å². The zero-order valence-electron chi connectivity index (χ0n) is 20.5. The van der Waals surface area contributed by atoms with Crippen LogP contribution in [0.2, 0.25) is 0 Å². The SMILES string of the molecule is COc1cc2ncc3c([nH]c(=O)n3C)c2cc1/C(C=N)=C/NCCCCN1C(=O)c2ccccc2C1=O. The van der Waals surface area contributed by atoms with Crippen molar-refractivity contribution >= 4 is 45.5 Å². The standard InChI is InChI=1S/C27H26N6O4/c1-32-22-15-30-21-12-23(37-2)19(11-20(21)24(22)31-27(32)36)16(13-28)14-29-9-5-6-10-33-25(34)17-7-3-4-8-18(17)26(33)35/h3-4,7-8,11-15,28-29H,5-6,9-10H2,1-2H3,(H,31,36)/b16-14+,28-13?. The minimum Gasteiger partial charge on any atom is -0.496 e. The van der Waals surface area contributed by atoms with Gasteiger partial charge in [0.15, 0.2) is 0 Å². The zero-order chi connectivity index (χ0) is 26.1. The van der Waals surface area contributed by atoms with E-state index in [4.69, 9.17) is 10.1 Å². The molecule has 0 spiro atoms. The van der Waals surface area contributed by atoms with E-state index in [1.54, 1.807) is 56.9 Å². The lowest BCUT2D eigenvalue weighted by Crippen LogP contribution is -2.31. The fourth-order valence-corrected chi connectivity index (χ4v) is 4.61. The van der Waals surface area contributed by atoms with E-state index in [-0.39, 0.29) is 17.5 Å². The normalized spacial score (nSPS) is 13.5. The summed E-state index contributed by atoms with van der Waals surface area (Å²) in [6.45, 7) is 0.945. The maximum atomic E-state index is 12.5. The number of aromatic amines is 1. The number of ether oxygens (including phenoxy) is 1. The second-order valence-electron chi connectivity index (χ2n) is 8.79. The summed E-state index contributed by atoms with van der Waals surface area (Å²) < 4.78 is 7.07. The molecule has 0 bridgehead atoms. The first-order valence-electron chi connectivity index (χ1n) is 11.9. The van der Waals surface area contributed by atoms with Crippen molar-refractivity contribution in [3.8, 4) is 5.75 Å².